The molecule has 1 heterocycles. The minimum absolute atomic E-state index is 0.285. The highest BCUT2D eigenvalue weighted by molar-refractivity contribution is 5.94. The summed E-state index contributed by atoms with van der Waals surface area (Å²) in [4.78, 5) is 17.5. The van der Waals surface area contributed by atoms with Crippen LogP contribution in [-0.4, -0.2) is 27.8 Å². The second-order valence-electron chi connectivity index (χ2n) is 6.82. The van der Waals surface area contributed by atoms with Crippen molar-refractivity contribution in [1.29, 1.82) is 0 Å². The van der Waals surface area contributed by atoms with Gasteiger partial charge in [-0.2, -0.15) is 9.67 Å². The number of carbonyl (C=O) groups is 1. The fourth-order valence-corrected chi connectivity index (χ4v) is 3.02. The second kappa shape index (κ2) is 9.54. The van der Waals surface area contributed by atoms with Gasteiger partial charge in [-0.15, -0.1) is 5.10 Å². The molecule has 6 nitrogen and oxygen atoms in total. The summed E-state index contributed by atoms with van der Waals surface area (Å²) in [6.45, 7) is 0.525. The van der Waals surface area contributed by atoms with E-state index in [4.69, 9.17) is 4.74 Å². The van der Waals surface area contributed by atoms with Crippen molar-refractivity contribution < 1.29 is 9.53 Å². The molecule has 0 saturated carbocycles. The lowest BCUT2D eigenvalue weighted by Crippen LogP contribution is -2.14. The Kier molecular flexibility index (Phi) is 6.18. The fourth-order valence-electron chi connectivity index (χ4n) is 3.02. The quantitative estimate of drug-likeness (QED) is 0.438. The van der Waals surface area contributed by atoms with Crippen LogP contribution < -0.4 is 10.1 Å². The van der Waals surface area contributed by atoms with Crippen molar-refractivity contribution in [2.75, 3.05) is 12.4 Å². The first-order valence-electron chi connectivity index (χ1n) is 9.90. The number of methoxy groups -OCH3 is 1. The molecule has 31 heavy (non-hydrogen) atoms. The van der Waals surface area contributed by atoms with Crippen molar-refractivity contribution in [2.45, 2.75) is 6.54 Å². The molecule has 0 amide bonds. The topological polar surface area (TPSA) is 69.0 Å². The summed E-state index contributed by atoms with van der Waals surface area (Å²) in [5, 5.41) is 7.69. The third-order valence-corrected chi connectivity index (χ3v) is 4.68. The highest BCUT2D eigenvalue weighted by Gasteiger charge is 2.16. The van der Waals surface area contributed by atoms with Crippen LogP contribution in [0, 0.1) is 0 Å². The molecule has 0 radical (unpaired) electrons. The summed E-state index contributed by atoms with van der Waals surface area (Å²) < 4.78 is 6.51. The van der Waals surface area contributed by atoms with Crippen molar-refractivity contribution >= 4 is 17.9 Å². The molecule has 0 aliphatic carbocycles. The van der Waals surface area contributed by atoms with Gasteiger partial charge in [0, 0.05) is 18.2 Å². The van der Waals surface area contributed by atoms with Gasteiger partial charge in [0.15, 0.2) is 5.82 Å². The van der Waals surface area contributed by atoms with E-state index in [0.717, 1.165) is 22.4 Å². The van der Waals surface area contributed by atoms with E-state index < -0.39 is 0 Å². The number of aromatic nitrogens is 3. The molecular formula is C25H22N4O2. The number of benzene rings is 3. The normalized spacial score (nSPS) is 10.9. The zero-order chi connectivity index (χ0) is 21.5. The average molecular weight is 410 g/mol. The minimum atomic E-state index is -0.285. The van der Waals surface area contributed by atoms with Crippen molar-refractivity contribution in [3.63, 3.8) is 0 Å². The maximum absolute atomic E-state index is 12.9. The molecule has 3 aromatic carbocycles. The summed E-state index contributed by atoms with van der Waals surface area (Å²) in [7, 11) is 1.62. The van der Waals surface area contributed by atoms with E-state index in [1.165, 1.54) is 10.8 Å². The second-order valence-corrected chi connectivity index (χ2v) is 6.82. The van der Waals surface area contributed by atoms with Gasteiger partial charge in [0.1, 0.15) is 5.75 Å². The van der Waals surface area contributed by atoms with Gasteiger partial charge in [-0.25, -0.2) is 0 Å². The van der Waals surface area contributed by atoms with E-state index in [-0.39, 0.29) is 5.91 Å². The molecule has 0 aliphatic heterocycles. The molecule has 0 saturated heterocycles. The van der Waals surface area contributed by atoms with E-state index in [1.807, 2.05) is 84.9 Å². The lowest BCUT2D eigenvalue weighted by Gasteiger charge is -2.05. The fraction of sp³-hybridized carbons (Fsp3) is 0.0800. The first-order valence-corrected chi connectivity index (χ1v) is 9.90. The van der Waals surface area contributed by atoms with Gasteiger partial charge in [-0.1, -0.05) is 60.7 Å². The Morgan fingerprint density at radius 1 is 0.968 bits per heavy atom. The molecule has 1 N–H and O–H groups in total. The van der Waals surface area contributed by atoms with E-state index in [9.17, 15) is 4.79 Å². The smallest absolute Gasteiger partial charge is 0.274 e. The Morgan fingerprint density at radius 3 is 2.32 bits per heavy atom. The first kappa shape index (κ1) is 20.1. The third kappa shape index (κ3) is 5.05. The molecule has 0 unspecified atom stereocenters. The Morgan fingerprint density at radius 2 is 1.65 bits per heavy atom. The Hall–Kier alpha value is -4.19. The minimum Gasteiger partial charge on any atom is -0.497 e. The van der Waals surface area contributed by atoms with Crippen LogP contribution >= 0.6 is 0 Å². The van der Waals surface area contributed by atoms with E-state index in [0.29, 0.717) is 18.3 Å². The van der Waals surface area contributed by atoms with E-state index >= 15 is 0 Å². The van der Waals surface area contributed by atoms with Crippen LogP contribution in [0.1, 0.15) is 15.9 Å². The molecule has 4 rings (SSSR count). The van der Waals surface area contributed by atoms with E-state index in [2.05, 4.69) is 15.4 Å². The predicted octanol–water partition coefficient (Wildman–Crippen LogP) is 4.92. The summed E-state index contributed by atoms with van der Waals surface area (Å²) in [6, 6.07) is 27.0. The van der Waals surface area contributed by atoms with Crippen LogP contribution in [0.4, 0.5) is 5.95 Å². The number of allylic oxidation sites excluding steroid dienone is 1. The Balaban J connectivity index is 1.62. The van der Waals surface area contributed by atoms with Crippen LogP contribution in [0.15, 0.2) is 91.0 Å². The van der Waals surface area contributed by atoms with Crippen molar-refractivity contribution in [3.05, 3.63) is 102 Å². The largest absolute Gasteiger partial charge is 0.497 e. The first-order chi connectivity index (χ1) is 15.2. The molecule has 1 aromatic heterocycles. The molecule has 0 atom stereocenters. The molecule has 154 valence electrons. The van der Waals surface area contributed by atoms with Gasteiger partial charge in [-0.05, 0) is 41.5 Å². The Bertz CT molecular complexity index is 1170. The zero-order valence-electron chi connectivity index (χ0n) is 17.1. The molecule has 0 aliphatic rings. The standard InChI is InChI=1S/C25H22N4O2/c1-31-22-15-13-21(14-16-22)24-27-25(26-18-20-10-6-3-7-11-20)29(28-24)23(30)17-12-19-8-4-2-5-9-19/h2-17H,18H2,1H3,(H,26,27,28). The van der Waals surface area contributed by atoms with Crippen LogP contribution in [0.5, 0.6) is 5.75 Å². The number of anilines is 1. The number of ether oxygens (including phenoxy) is 1. The summed E-state index contributed by atoms with van der Waals surface area (Å²) in [6.07, 6.45) is 3.26. The molecule has 0 bridgehead atoms. The molecule has 4 aromatic rings. The van der Waals surface area contributed by atoms with Crippen molar-refractivity contribution in [1.82, 2.24) is 14.8 Å². The monoisotopic (exact) mass is 410 g/mol. The van der Waals surface area contributed by atoms with Crippen molar-refractivity contribution in [3.8, 4) is 17.1 Å². The highest BCUT2D eigenvalue weighted by Crippen LogP contribution is 2.21. The van der Waals surface area contributed by atoms with Crippen LogP contribution in [0.3, 0.4) is 0 Å². The van der Waals surface area contributed by atoms with Gasteiger partial charge in [0.05, 0.1) is 7.11 Å². The van der Waals surface area contributed by atoms with Crippen molar-refractivity contribution in [2.24, 2.45) is 0 Å². The van der Waals surface area contributed by atoms with Crippen LogP contribution in [0.25, 0.3) is 17.5 Å². The zero-order valence-corrected chi connectivity index (χ0v) is 17.1. The number of hydrogen-bond acceptors (Lipinski definition) is 5. The maximum atomic E-state index is 12.9. The van der Waals surface area contributed by atoms with Gasteiger partial charge >= 0.3 is 0 Å². The van der Waals surface area contributed by atoms with E-state index in [1.54, 1.807) is 13.2 Å². The number of hydrogen-bond donors (Lipinski definition) is 1. The van der Waals surface area contributed by atoms with Gasteiger partial charge in [-0.3, -0.25) is 4.79 Å². The summed E-state index contributed by atoms with van der Waals surface area (Å²) in [5.41, 5.74) is 2.81. The molecule has 6 heteroatoms. The summed E-state index contributed by atoms with van der Waals surface area (Å²) >= 11 is 0. The number of carbonyl (C=O) groups excluding carboxylic acids is 1. The lowest BCUT2D eigenvalue weighted by molar-refractivity contribution is 0.0957. The van der Waals surface area contributed by atoms with Crippen LogP contribution in [-0.2, 0) is 6.54 Å². The highest BCUT2D eigenvalue weighted by atomic mass is 16.5. The number of nitrogens with zero attached hydrogens (tertiary/aromatic N) is 3. The molecule has 0 spiro atoms. The molecule has 0 fully saturated rings. The maximum Gasteiger partial charge on any atom is 0.274 e. The van der Waals surface area contributed by atoms with Crippen LogP contribution in [0.2, 0.25) is 0 Å². The van der Waals surface area contributed by atoms with Gasteiger partial charge in [0.2, 0.25) is 5.95 Å². The summed E-state index contributed by atoms with van der Waals surface area (Å²) in [5.74, 6) is 1.30. The third-order valence-electron chi connectivity index (χ3n) is 4.68. The Labute approximate surface area is 180 Å². The number of nitrogens with one attached hydrogen (secondary N) is 1. The SMILES string of the molecule is COc1ccc(-c2nc(NCc3ccccc3)n(C(=O)C=Cc3ccccc3)n2)cc1. The van der Waals surface area contributed by atoms with Gasteiger partial charge in [0.25, 0.3) is 5.91 Å². The van der Waals surface area contributed by atoms with Gasteiger partial charge < -0.3 is 10.1 Å². The predicted molar refractivity (Wildman–Crippen MR) is 122 cm³/mol. The number of rotatable bonds is 7. The molecular weight excluding hydrogens is 388 g/mol. The average Bonchev–Trinajstić information content (AvgIpc) is 3.27. The lowest BCUT2D eigenvalue weighted by atomic mass is 10.2.